The third kappa shape index (κ3) is 3.07. The topological polar surface area (TPSA) is 66.9 Å². The Bertz CT molecular complexity index is 852. The first-order valence-electron chi connectivity index (χ1n) is 7.44. The van der Waals surface area contributed by atoms with Gasteiger partial charge in [-0.25, -0.2) is 8.42 Å². The molecule has 1 amide bonds. The van der Waals surface area contributed by atoms with E-state index in [1.54, 1.807) is 31.3 Å². The van der Waals surface area contributed by atoms with Gasteiger partial charge in [0.15, 0.2) is 6.10 Å². The highest BCUT2D eigenvalue weighted by Crippen LogP contribution is 2.35. The minimum atomic E-state index is -3.51. The summed E-state index contributed by atoms with van der Waals surface area (Å²) < 4.78 is 31.2. The van der Waals surface area contributed by atoms with Crippen LogP contribution in [0.4, 0.5) is 11.4 Å². The predicted molar refractivity (Wildman–Crippen MR) is 92.9 cm³/mol. The standard InChI is InChI=1S/C17H18N2O4S/c1-18(13-8-4-3-5-9-13)17(20)16-12-19(24(2,21)22)14-10-6-7-11-15(14)23-16/h3-11,16H,12H2,1-2H3/t16-/m0/s1. The number of anilines is 2. The Morgan fingerprint density at radius 2 is 1.75 bits per heavy atom. The van der Waals surface area contributed by atoms with Crippen LogP contribution in [0, 0.1) is 0 Å². The van der Waals surface area contributed by atoms with Crippen LogP contribution in [0.15, 0.2) is 54.6 Å². The second kappa shape index (κ2) is 6.16. The highest BCUT2D eigenvalue weighted by atomic mass is 32.2. The molecule has 126 valence electrons. The summed E-state index contributed by atoms with van der Waals surface area (Å²) in [5.74, 6) is 0.0818. The van der Waals surface area contributed by atoms with E-state index >= 15 is 0 Å². The summed E-state index contributed by atoms with van der Waals surface area (Å²) in [7, 11) is -1.87. The number of hydrogen-bond acceptors (Lipinski definition) is 4. The van der Waals surface area contributed by atoms with Crippen molar-refractivity contribution in [2.75, 3.05) is 29.1 Å². The van der Waals surface area contributed by atoms with Crippen LogP contribution in [-0.4, -0.2) is 40.3 Å². The number of para-hydroxylation sites is 3. The summed E-state index contributed by atoms with van der Waals surface area (Å²) in [5, 5.41) is 0. The number of amides is 1. The average Bonchev–Trinajstić information content (AvgIpc) is 2.59. The van der Waals surface area contributed by atoms with Crippen LogP contribution in [-0.2, 0) is 14.8 Å². The van der Waals surface area contributed by atoms with Crippen molar-refractivity contribution in [1.82, 2.24) is 0 Å². The Balaban J connectivity index is 1.92. The molecule has 0 bridgehead atoms. The molecule has 0 unspecified atom stereocenters. The SMILES string of the molecule is CN(C(=O)[C@@H]1CN(S(C)(=O)=O)c2ccccc2O1)c1ccccc1. The molecule has 2 aromatic rings. The number of nitrogens with zero attached hydrogens (tertiary/aromatic N) is 2. The molecule has 1 aliphatic heterocycles. The minimum Gasteiger partial charge on any atom is -0.476 e. The monoisotopic (exact) mass is 346 g/mol. The summed E-state index contributed by atoms with van der Waals surface area (Å²) in [6.45, 7) is -0.0497. The molecule has 0 aliphatic carbocycles. The summed E-state index contributed by atoms with van der Waals surface area (Å²) in [6, 6.07) is 15.9. The molecule has 3 rings (SSSR count). The van der Waals surface area contributed by atoms with Crippen LogP contribution in [0.2, 0.25) is 0 Å². The van der Waals surface area contributed by atoms with Gasteiger partial charge in [0.05, 0.1) is 18.5 Å². The highest BCUT2D eigenvalue weighted by Gasteiger charge is 2.36. The number of carbonyl (C=O) groups is 1. The highest BCUT2D eigenvalue weighted by molar-refractivity contribution is 7.92. The van der Waals surface area contributed by atoms with Gasteiger partial charge in [0.25, 0.3) is 5.91 Å². The molecule has 0 fully saturated rings. The van der Waals surface area contributed by atoms with Crippen LogP contribution < -0.4 is 13.9 Å². The second-order valence-corrected chi connectivity index (χ2v) is 7.51. The van der Waals surface area contributed by atoms with Gasteiger partial charge < -0.3 is 9.64 Å². The molecule has 0 N–H and O–H groups in total. The summed E-state index contributed by atoms with van der Waals surface area (Å²) in [4.78, 5) is 14.2. The normalized spacial score (nSPS) is 16.9. The van der Waals surface area contributed by atoms with E-state index in [-0.39, 0.29) is 12.5 Å². The first kappa shape index (κ1) is 16.3. The molecule has 6 nitrogen and oxygen atoms in total. The van der Waals surface area contributed by atoms with Crippen LogP contribution in [0.1, 0.15) is 0 Å². The van der Waals surface area contributed by atoms with E-state index in [2.05, 4.69) is 0 Å². The van der Waals surface area contributed by atoms with E-state index in [4.69, 9.17) is 4.74 Å². The van der Waals surface area contributed by atoms with E-state index in [0.717, 1.165) is 11.9 Å². The largest absolute Gasteiger partial charge is 0.476 e. The van der Waals surface area contributed by atoms with Crippen molar-refractivity contribution in [3.05, 3.63) is 54.6 Å². The third-order valence-electron chi connectivity index (χ3n) is 3.88. The van der Waals surface area contributed by atoms with Crippen molar-refractivity contribution in [3.63, 3.8) is 0 Å². The third-order valence-corrected chi connectivity index (χ3v) is 5.03. The Hall–Kier alpha value is -2.54. The molecule has 1 aliphatic rings. The maximum atomic E-state index is 12.8. The number of sulfonamides is 1. The summed E-state index contributed by atoms with van der Waals surface area (Å²) in [5.41, 5.74) is 1.17. The molecule has 7 heteroatoms. The molecule has 2 aromatic carbocycles. The first-order chi connectivity index (χ1) is 11.4. The van der Waals surface area contributed by atoms with Gasteiger partial charge in [0.2, 0.25) is 10.0 Å². The Kier molecular flexibility index (Phi) is 4.19. The molecular formula is C17H18N2O4S. The fraction of sp³-hybridized carbons (Fsp3) is 0.235. The number of hydrogen-bond donors (Lipinski definition) is 0. The molecule has 0 saturated carbocycles. The molecule has 0 aromatic heterocycles. The van der Waals surface area contributed by atoms with Gasteiger partial charge in [-0.1, -0.05) is 30.3 Å². The van der Waals surface area contributed by atoms with Crippen molar-refractivity contribution >= 4 is 27.3 Å². The van der Waals surface area contributed by atoms with E-state index in [0.29, 0.717) is 11.4 Å². The van der Waals surface area contributed by atoms with Gasteiger partial charge >= 0.3 is 0 Å². The number of rotatable bonds is 3. The van der Waals surface area contributed by atoms with Crippen molar-refractivity contribution in [1.29, 1.82) is 0 Å². The fourth-order valence-electron chi connectivity index (χ4n) is 2.64. The fourth-order valence-corrected chi connectivity index (χ4v) is 3.55. The maximum absolute atomic E-state index is 12.8. The minimum absolute atomic E-state index is 0.0497. The van der Waals surface area contributed by atoms with Gasteiger partial charge in [0, 0.05) is 12.7 Å². The van der Waals surface area contributed by atoms with E-state index in [9.17, 15) is 13.2 Å². The van der Waals surface area contributed by atoms with Crippen LogP contribution >= 0.6 is 0 Å². The average molecular weight is 346 g/mol. The smallest absolute Gasteiger partial charge is 0.269 e. The zero-order valence-corrected chi connectivity index (χ0v) is 14.2. The number of benzene rings is 2. The number of carbonyl (C=O) groups excluding carboxylic acids is 1. The van der Waals surface area contributed by atoms with Crippen LogP contribution in [0.25, 0.3) is 0 Å². The Morgan fingerprint density at radius 1 is 1.12 bits per heavy atom. The summed E-state index contributed by atoms with van der Waals surface area (Å²) in [6.07, 6.45) is 0.220. The molecule has 0 spiro atoms. The molecule has 0 saturated heterocycles. The Morgan fingerprint density at radius 3 is 2.42 bits per heavy atom. The second-order valence-electron chi connectivity index (χ2n) is 5.60. The molecule has 24 heavy (non-hydrogen) atoms. The zero-order valence-electron chi connectivity index (χ0n) is 13.4. The number of likely N-dealkylation sites (N-methyl/N-ethyl adjacent to an activating group) is 1. The lowest BCUT2D eigenvalue weighted by molar-refractivity contribution is -0.124. The quantitative estimate of drug-likeness (QED) is 0.851. The van der Waals surface area contributed by atoms with Gasteiger partial charge in [-0.15, -0.1) is 0 Å². The van der Waals surface area contributed by atoms with Crippen LogP contribution in [0.5, 0.6) is 5.75 Å². The molecular weight excluding hydrogens is 328 g/mol. The van der Waals surface area contributed by atoms with E-state index in [1.807, 2.05) is 30.3 Å². The first-order valence-corrected chi connectivity index (χ1v) is 9.29. The van der Waals surface area contributed by atoms with E-state index in [1.165, 1.54) is 9.21 Å². The number of ether oxygens (including phenoxy) is 1. The van der Waals surface area contributed by atoms with Crippen molar-refractivity contribution in [3.8, 4) is 5.75 Å². The Labute approximate surface area is 141 Å². The lowest BCUT2D eigenvalue weighted by atomic mass is 10.2. The van der Waals surface area contributed by atoms with Gasteiger partial charge in [-0.3, -0.25) is 9.10 Å². The van der Waals surface area contributed by atoms with Crippen molar-refractivity contribution in [2.45, 2.75) is 6.10 Å². The van der Waals surface area contributed by atoms with Gasteiger partial charge in [-0.05, 0) is 24.3 Å². The summed E-state index contributed by atoms with van der Waals surface area (Å²) >= 11 is 0. The molecule has 1 heterocycles. The lowest BCUT2D eigenvalue weighted by Crippen LogP contribution is -2.51. The predicted octanol–water partition coefficient (Wildman–Crippen LogP) is 1.88. The maximum Gasteiger partial charge on any atom is 0.269 e. The zero-order chi connectivity index (χ0) is 17.3. The molecule has 1 atom stereocenters. The van der Waals surface area contributed by atoms with Crippen molar-refractivity contribution < 1.29 is 17.9 Å². The van der Waals surface area contributed by atoms with E-state index < -0.39 is 16.1 Å². The number of fused-ring (bicyclic) bond motifs is 1. The lowest BCUT2D eigenvalue weighted by Gasteiger charge is -2.35. The van der Waals surface area contributed by atoms with Gasteiger partial charge in [-0.2, -0.15) is 0 Å². The van der Waals surface area contributed by atoms with Gasteiger partial charge in [0.1, 0.15) is 5.75 Å². The molecule has 0 radical (unpaired) electrons. The van der Waals surface area contributed by atoms with Crippen molar-refractivity contribution in [2.24, 2.45) is 0 Å². The van der Waals surface area contributed by atoms with Crippen LogP contribution in [0.3, 0.4) is 0 Å².